The van der Waals surface area contributed by atoms with E-state index in [9.17, 15) is 4.79 Å². The molecule has 1 aliphatic heterocycles. The number of aryl methyl sites for hydroxylation is 1. The third-order valence-electron chi connectivity index (χ3n) is 4.16. The van der Waals surface area contributed by atoms with E-state index in [4.69, 9.17) is 0 Å². The van der Waals surface area contributed by atoms with Gasteiger partial charge in [0.2, 0.25) is 0 Å². The van der Waals surface area contributed by atoms with Gasteiger partial charge in [0.05, 0.1) is 0 Å². The molecule has 1 heterocycles. The highest BCUT2D eigenvalue weighted by molar-refractivity contribution is 5.97. The van der Waals surface area contributed by atoms with Gasteiger partial charge in [0, 0.05) is 31.6 Å². The van der Waals surface area contributed by atoms with Crippen LogP contribution in [0.25, 0.3) is 0 Å². The number of carbonyl (C=O) groups excluding carboxylic acids is 1. The summed E-state index contributed by atoms with van der Waals surface area (Å²) in [5.74, 6) is 1.80. The van der Waals surface area contributed by atoms with Crippen LogP contribution in [0.4, 0.5) is 0 Å². The van der Waals surface area contributed by atoms with Crippen LogP contribution in [0, 0.1) is 18.8 Å². The Hall–Kier alpha value is -1.15. The van der Waals surface area contributed by atoms with Crippen LogP contribution < -0.4 is 0 Å². The highest BCUT2D eigenvalue weighted by Gasteiger charge is 2.26. The van der Waals surface area contributed by atoms with E-state index in [-0.39, 0.29) is 5.78 Å². The standard InChI is InChI=1S/C16H23NO/c1-12-6-4-5-7-15(12)16(18)8-9-17-10-13(2)14(3)11-17/h4-7,13-14H,8-11H2,1-3H3. The Morgan fingerprint density at radius 2 is 1.83 bits per heavy atom. The third-order valence-corrected chi connectivity index (χ3v) is 4.16. The fraction of sp³-hybridized carbons (Fsp3) is 0.562. The number of likely N-dealkylation sites (tertiary alicyclic amines) is 1. The molecule has 0 bridgehead atoms. The second-order valence-electron chi connectivity index (χ2n) is 5.70. The van der Waals surface area contributed by atoms with Gasteiger partial charge in [0.25, 0.3) is 0 Å². The number of rotatable bonds is 4. The Morgan fingerprint density at radius 1 is 1.22 bits per heavy atom. The van der Waals surface area contributed by atoms with Crippen LogP contribution in [0.1, 0.15) is 36.2 Å². The van der Waals surface area contributed by atoms with Crippen molar-refractivity contribution in [2.75, 3.05) is 19.6 Å². The zero-order chi connectivity index (χ0) is 13.1. The van der Waals surface area contributed by atoms with E-state index < -0.39 is 0 Å². The van der Waals surface area contributed by atoms with Gasteiger partial charge in [-0.05, 0) is 24.3 Å². The van der Waals surface area contributed by atoms with Gasteiger partial charge in [-0.15, -0.1) is 0 Å². The summed E-state index contributed by atoms with van der Waals surface area (Å²) in [4.78, 5) is 14.6. The summed E-state index contributed by atoms with van der Waals surface area (Å²) in [5, 5.41) is 0. The highest BCUT2D eigenvalue weighted by atomic mass is 16.1. The number of benzene rings is 1. The molecule has 1 saturated heterocycles. The van der Waals surface area contributed by atoms with Gasteiger partial charge in [-0.2, -0.15) is 0 Å². The second kappa shape index (κ2) is 5.66. The minimum Gasteiger partial charge on any atom is -0.302 e. The summed E-state index contributed by atoms with van der Waals surface area (Å²) in [5.41, 5.74) is 1.98. The Labute approximate surface area is 110 Å². The lowest BCUT2D eigenvalue weighted by atomic mass is 10.0. The molecular formula is C16H23NO. The van der Waals surface area contributed by atoms with Gasteiger partial charge in [-0.3, -0.25) is 4.79 Å². The fourth-order valence-corrected chi connectivity index (χ4v) is 2.71. The Bertz CT molecular complexity index is 417. The molecule has 2 nitrogen and oxygen atoms in total. The molecule has 1 aliphatic rings. The number of hydrogen-bond donors (Lipinski definition) is 0. The molecule has 1 aromatic rings. The predicted molar refractivity (Wildman–Crippen MR) is 74.9 cm³/mol. The average Bonchev–Trinajstić information content (AvgIpc) is 2.66. The molecule has 0 aromatic heterocycles. The lowest BCUT2D eigenvalue weighted by Gasteiger charge is -2.14. The van der Waals surface area contributed by atoms with E-state index >= 15 is 0 Å². The smallest absolute Gasteiger partial charge is 0.164 e. The molecule has 1 fully saturated rings. The van der Waals surface area contributed by atoms with E-state index in [2.05, 4.69) is 18.7 Å². The molecule has 2 atom stereocenters. The lowest BCUT2D eigenvalue weighted by molar-refractivity contribution is 0.0967. The lowest BCUT2D eigenvalue weighted by Crippen LogP contribution is -2.24. The van der Waals surface area contributed by atoms with E-state index in [1.807, 2.05) is 31.2 Å². The van der Waals surface area contributed by atoms with Crippen molar-refractivity contribution in [2.24, 2.45) is 11.8 Å². The van der Waals surface area contributed by atoms with Crippen molar-refractivity contribution in [1.29, 1.82) is 0 Å². The first-order chi connectivity index (χ1) is 8.58. The molecule has 0 amide bonds. The van der Waals surface area contributed by atoms with Crippen LogP contribution in [-0.4, -0.2) is 30.3 Å². The largest absolute Gasteiger partial charge is 0.302 e. The Morgan fingerprint density at radius 3 is 2.44 bits per heavy atom. The van der Waals surface area contributed by atoms with Gasteiger partial charge in [0.1, 0.15) is 0 Å². The summed E-state index contributed by atoms with van der Waals surface area (Å²) in [7, 11) is 0. The van der Waals surface area contributed by atoms with Gasteiger partial charge in [0.15, 0.2) is 5.78 Å². The molecule has 0 radical (unpaired) electrons. The van der Waals surface area contributed by atoms with Crippen molar-refractivity contribution < 1.29 is 4.79 Å². The van der Waals surface area contributed by atoms with Crippen LogP contribution >= 0.6 is 0 Å². The van der Waals surface area contributed by atoms with E-state index in [0.29, 0.717) is 6.42 Å². The third kappa shape index (κ3) is 2.99. The number of ketones is 1. The van der Waals surface area contributed by atoms with Crippen molar-refractivity contribution in [3.05, 3.63) is 35.4 Å². The molecule has 2 heteroatoms. The van der Waals surface area contributed by atoms with Crippen molar-refractivity contribution in [2.45, 2.75) is 27.2 Å². The van der Waals surface area contributed by atoms with Crippen LogP contribution in [0.15, 0.2) is 24.3 Å². The van der Waals surface area contributed by atoms with Crippen molar-refractivity contribution >= 4 is 5.78 Å². The molecule has 18 heavy (non-hydrogen) atoms. The van der Waals surface area contributed by atoms with Crippen LogP contribution in [0.3, 0.4) is 0 Å². The maximum Gasteiger partial charge on any atom is 0.164 e. The van der Waals surface area contributed by atoms with Crippen LogP contribution in [0.2, 0.25) is 0 Å². The fourth-order valence-electron chi connectivity index (χ4n) is 2.71. The van der Waals surface area contributed by atoms with E-state index in [1.165, 1.54) is 0 Å². The predicted octanol–water partition coefficient (Wildman–Crippen LogP) is 3.16. The van der Waals surface area contributed by atoms with Gasteiger partial charge in [-0.1, -0.05) is 38.1 Å². The van der Waals surface area contributed by atoms with Gasteiger partial charge < -0.3 is 4.90 Å². The average molecular weight is 245 g/mol. The van der Waals surface area contributed by atoms with E-state index in [0.717, 1.165) is 42.6 Å². The van der Waals surface area contributed by atoms with Crippen LogP contribution in [0.5, 0.6) is 0 Å². The van der Waals surface area contributed by atoms with Gasteiger partial charge in [-0.25, -0.2) is 0 Å². The summed E-state index contributed by atoms with van der Waals surface area (Å²) in [6.07, 6.45) is 0.643. The second-order valence-corrected chi connectivity index (χ2v) is 5.70. The molecule has 0 N–H and O–H groups in total. The van der Waals surface area contributed by atoms with E-state index in [1.54, 1.807) is 0 Å². The Kier molecular flexibility index (Phi) is 4.18. The van der Waals surface area contributed by atoms with Crippen molar-refractivity contribution in [3.8, 4) is 0 Å². The molecule has 0 aliphatic carbocycles. The normalized spacial score (nSPS) is 24.4. The molecule has 98 valence electrons. The molecular weight excluding hydrogens is 222 g/mol. The van der Waals surface area contributed by atoms with Crippen molar-refractivity contribution in [3.63, 3.8) is 0 Å². The topological polar surface area (TPSA) is 20.3 Å². The monoisotopic (exact) mass is 245 g/mol. The molecule has 0 saturated carbocycles. The molecule has 2 unspecified atom stereocenters. The Balaban J connectivity index is 1.88. The summed E-state index contributed by atoms with van der Waals surface area (Å²) in [6.45, 7) is 9.79. The minimum absolute atomic E-state index is 0.278. The first-order valence-electron chi connectivity index (χ1n) is 6.89. The summed E-state index contributed by atoms with van der Waals surface area (Å²) in [6, 6.07) is 7.87. The number of hydrogen-bond acceptors (Lipinski definition) is 2. The van der Waals surface area contributed by atoms with Crippen LogP contribution in [-0.2, 0) is 0 Å². The first kappa shape index (κ1) is 13.3. The zero-order valence-electron chi connectivity index (χ0n) is 11.6. The number of nitrogens with zero attached hydrogens (tertiary/aromatic N) is 1. The quantitative estimate of drug-likeness (QED) is 0.759. The maximum atomic E-state index is 12.2. The number of carbonyl (C=O) groups is 1. The molecule has 1 aromatic carbocycles. The zero-order valence-corrected chi connectivity index (χ0v) is 11.6. The summed E-state index contributed by atoms with van der Waals surface area (Å²) >= 11 is 0. The van der Waals surface area contributed by atoms with Gasteiger partial charge >= 0.3 is 0 Å². The summed E-state index contributed by atoms with van der Waals surface area (Å²) < 4.78 is 0. The number of Topliss-reactive ketones (excluding diaryl/α,β-unsaturated/α-hetero) is 1. The molecule has 2 rings (SSSR count). The molecule has 0 spiro atoms. The minimum atomic E-state index is 0.278. The SMILES string of the molecule is Cc1ccccc1C(=O)CCN1CC(C)C(C)C1. The highest BCUT2D eigenvalue weighted by Crippen LogP contribution is 2.22. The van der Waals surface area contributed by atoms with Crippen molar-refractivity contribution in [1.82, 2.24) is 4.90 Å². The first-order valence-corrected chi connectivity index (χ1v) is 6.89. The maximum absolute atomic E-state index is 12.2.